The highest BCUT2D eigenvalue weighted by Crippen LogP contribution is 2.36. The Bertz CT molecular complexity index is 562. The Labute approximate surface area is 109 Å². The zero-order chi connectivity index (χ0) is 15.5. The van der Waals surface area contributed by atoms with Crippen molar-refractivity contribution in [1.82, 2.24) is 0 Å². The van der Waals surface area contributed by atoms with Gasteiger partial charge in [0, 0.05) is 0 Å². The largest absolute Gasteiger partial charge is 0.573 e. The second kappa shape index (κ2) is 5.73. The van der Waals surface area contributed by atoms with Crippen molar-refractivity contribution < 1.29 is 36.2 Å². The van der Waals surface area contributed by atoms with E-state index in [1.807, 2.05) is 0 Å². The van der Waals surface area contributed by atoms with E-state index < -0.39 is 41.2 Å². The van der Waals surface area contributed by atoms with Crippen molar-refractivity contribution in [3.8, 4) is 11.8 Å². The maximum Gasteiger partial charge on any atom is 0.573 e. The molecule has 4 nitrogen and oxygen atoms in total. The predicted octanol–water partition coefficient (Wildman–Crippen LogP) is 3.18. The van der Waals surface area contributed by atoms with Gasteiger partial charge in [-0.2, -0.15) is 5.26 Å². The zero-order valence-electron chi connectivity index (χ0n) is 9.79. The van der Waals surface area contributed by atoms with Crippen LogP contribution < -0.4 is 4.74 Å². The molecule has 0 aliphatic rings. The van der Waals surface area contributed by atoms with Crippen molar-refractivity contribution in [3.63, 3.8) is 0 Å². The number of halogens is 5. The van der Waals surface area contributed by atoms with E-state index in [2.05, 4.69) is 9.47 Å². The predicted molar refractivity (Wildman–Crippen MR) is 54.1 cm³/mol. The first-order valence-electron chi connectivity index (χ1n) is 4.90. The molecule has 0 radical (unpaired) electrons. The summed E-state index contributed by atoms with van der Waals surface area (Å²) in [6.45, 7) is 0. The molecule has 0 aromatic heterocycles. The van der Waals surface area contributed by atoms with E-state index >= 15 is 0 Å². The van der Waals surface area contributed by atoms with Crippen LogP contribution in [0, 0.1) is 11.3 Å². The summed E-state index contributed by atoms with van der Waals surface area (Å²) < 4.78 is 69.7. The van der Waals surface area contributed by atoms with Crippen LogP contribution in [0.3, 0.4) is 0 Å². The van der Waals surface area contributed by atoms with Gasteiger partial charge in [-0.1, -0.05) is 0 Å². The van der Waals surface area contributed by atoms with E-state index in [1.165, 1.54) is 6.07 Å². The second-order valence-electron chi connectivity index (χ2n) is 3.35. The van der Waals surface area contributed by atoms with Crippen molar-refractivity contribution in [2.75, 3.05) is 7.11 Å². The first kappa shape index (κ1) is 15.7. The number of carbonyl (C=O) groups excluding carboxylic acids is 1. The number of rotatable bonds is 3. The van der Waals surface area contributed by atoms with Crippen molar-refractivity contribution in [2.24, 2.45) is 0 Å². The topological polar surface area (TPSA) is 59.3 Å². The third kappa shape index (κ3) is 3.34. The molecule has 9 heteroatoms. The summed E-state index contributed by atoms with van der Waals surface area (Å²) in [6.07, 6.45) is -8.64. The van der Waals surface area contributed by atoms with Crippen molar-refractivity contribution >= 4 is 5.97 Å². The van der Waals surface area contributed by atoms with Crippen LogP contribution in [0.1, 0.15) is 27.9 Å². The van der Waals surface area contributed by atoms with Crippen LogP contribution >= 0.6 is 0 Å². The minimum absolute atomic E-state index is 0.530. The lowest BCUT2D eigenvalue weighted by atomic mass is 10.0. The van der Waals surface area contributed by atoms with E-state index in [0.717, 1.165) is 13.2 Å². The van der Waals surface area contributed by atoms with E-state index in [4.69, 9.17) is 5.26 Å². The van der Waals surface area contributed by atoms with Gasteiger partial charge in [0.15, 0.2) is 0 Å². The van der Waals surface area contributed by atoms with Crippen LogP contribution in [0.4, 0.5) is 22.0 Å². The van der Waals surface area contributed by atoms with Crippen LogP contribution in [0.25, 0.3) is 0 Å². The van der Waals surface area contributed by atoms with Gasteiger partial charge in [0.2, 0.25) is 0 Å². The first-order chi connectivity index (χ1) is 9.21. The van der Waals surface area contributed by atoms with Crippen LogP contribution in [0.2, 0.25) is 0 Å². The molecule has 0 unspecified atom stereocenters. The standard InChI is InChI=1S/C11H6F5NO3/c1-19-10(18)5-2-3-7(20-11(14,15)16)8(9(12)13)6(5)4-17/h2-3,9H,1H3. The number of alkyl halides is 5. The van der Waals surface area contributed by atoms with Crippen LogP contribution in [-0.2, 0) is 4.74 Å². The number of esters is 1. The minimum Gasteiger partial charge on any atom is -0.465 e. The zero-order valence-corrected chi connectivity index (χ0v) is 9.79. The normalized spacial score (nSPS) is 11.1. The lowest BCUT2D eigenvalue weighted by Gasteiger charge is -2.15. The van der Waals surface area contributed by atoms with Crippen molar-refractivity contribution in [3.05, 3.63) is 28.8 Å². The number of hydrogen-bond donors (Lipinski definition) is 0. The molecule has 0 amide bonds. The average Bonchev–Trinajstić information content (AvgIpc) is 2.34. The number of carbonyl (C=O) groups is 1. The van der Waals surface area contributed by atoms with Gasteiger partial charge in [-0.15, -0.1) is 13.2 Å². The number of nitriles is 1. The Kier molecular flexibility index (Phi) is 4.49. The molecule has 0 spiro atoms. The van der Waals surface area contributed by atoms with E-state index in [1.54, 1.807) is 0 Å². The quantitative estimate of drug-likeness (QED) is 0.634. The molecule has 1 aromatic carbocycles. The fourth-order valence-electron chi connectivity index (χ4n) is 1.43. The fourth-order valence-corrected chi connectivity index (χ4v) is 1.43. The molecule has 0 atom stereocenters. The number of hydrogen-bond acceptors (Lipinski definition) is 4. The smallest absolute Gasteiger partial charge is 0.465 e. The van der Waals surface area contributed by atoms with Crippen LogP contribution in [0.15, 0.2) is 12.1 Å². The lowest BCUT2D eigenvalue weighted by Crippen LogP contribution is -2.19. The summed E-state index contributed by atoms with van der Waals surface area (Å²) in [7, 11) is 0.936. The molecule has 0 saturated heterocycles. The molecule has 1 aromatic rings. The summed E-state index contributed by atoms with van der Waals surface area (Å²) in [6, 6.07) is 2.54. The molecule has 0 saturated carbocycles. The fraction of sp³-hybridized carbons (Fsp3) is 0.273. The number of benzene rings is 1. The average molecular weight is 295 g/mol. The van der Waals surface area contributed by atoms with Crippen LogP contribution in [0.5, 0.6) is 5.75 Å². The molecule has 0 bridgehead atoms. The third-order valence-corrected chi connectivity index (χ3v) is 2.17. The maximum atomic E-state index is 12.8. The Balaban J connectivity index is 3.51. The molecule has 0 N–H and O–H groups in total. The van der Waals surface area contributed by atoms with Gasteiger partial charge in [-0.3, -0.25) is 0 Å². The third-order valence-electron chi connectivity index (χ3n) is 2.17. The van der Waals surface area contributed by atoms with E-state index in [-0.39, 0.29) is 0 Å². The summed E-state index contributed by atoms with van der Waals surface area (Å²) in [4.78, 5) is 11.3. The number of nitrogens with zero attached hydrogens (tertiary/aromatic N) is 1. The summed E-state index contributed by atoms with van der Waals surface area (Å²) in [5.74, 6) is -2.36. The highest BCUT2D eigenvalue weighted by Gasteiger charge is 2.35. The van der Waals surface area contributed by atoms with Gasteiger partial charge in [-0.05, 0) is 12.1 Å². The summed E-state index contributed by atoms with van der Waals surface area (Å²) >= 11 is 0. The molecule has 20 heavy (non-hydrogen) atoms. The van der Waals surface area contributed by atoms with Gasteiger partial charge < -0.3 is 9.47 Å². The number of ether oxygens (including phenoxy) is 2. The lowest BCUT2D eigenvalue weighted by molar-refractivity contribution is -0.275. The summed E-state index contributed by atoms with van der Waals surface area (Å²) in [5, 5.41) is 8.79. The molecular weight excluding hydrogens is 289 g/mol. The van der Waals surface area contributed by atoms with Gasteiger partial charge in [0.25, 0.3) is 6.43 Å². The van der Waals surface area contributed by atoms with Gasteiger partial charge >= 0.3 is 12.3 Å². The Morgan fingerprint density at radius 2 is 1.95 bits per heavy atom. The molecule has 1 rings (SSSR count). The van der Waals surface area contributed by atoms with Crippen molar-refractivity contribution in [1.29, 1.82) is 5.26 Å². The molecular formula is C11H6F5NO3. The van der Waals surface area contributed by atoms with Crippen LogP contribution in [-0.4, -0.2) is 19.4 Å². The molecule has 108 valence electrons. The maximum absolute atomic E-state index is 12.8. The number of methoxy groups -OCH3 is 1. The Hall–Kier alpha value is -2.37. The molecule has 0 aliphatic heterocycles. The SMILES string of the molecule is COC(=O)c1ccc(OC(F)(F)F)c(C(F)F)c1C#N. The Morgan fingerprint density at radius 3 is 2.35 bits per heavy atom. The first-order valence-corrected chi connectivity index (χ1v) is 4.90. The van der Waals surface area contributed by atoms with E-state index in [9.17, 15) is 26.7 Å². The molecule has 0 fully saturated rings. The molecule has 0 heterocycles. The van der Waals surface area contributed by atoms with Gasteiger partial charge in [0.1, 0.15) is 11.8 Å². The Morgan fingerprint density at radius 1 is 1.35 bits per heavy atom. The summed E-state index contributed by atoms with van der Waals surface area (Å²) in [5.41, 5.74) is -2.80. The van der Waals surface area contributed by atoms with Gasteiger partial charge in [0.05, 0.1) is 23.8 Å². The highest BCUT2D eigenvalue weighted by molar-refractivity contribution is 5.93. The van der Waals surface area contributed by atoms with Gasteiger partial charge in [-0.25, -0.2) is 13.6 Å². The van der Waals surface area contributed by atoms with Crippen molar-refractivity contribution in [2.45, 2.75) is 12.8 Å². The monoisotopic (exact) mass is 295 g/mol. The van der Waals surface area contributed by atoms with E-state index in [0.29, 0.717) is 6.07 Å². The minimum atomic E-state index is -5.21. The highest BCUT2D eigenvalue weighted by atomic mass is 19.4. The second-order valence-corrected chi connectivity index (χ2v) is 3.35. The molecule has 0 aliphatic carbocycles.